The van der Waals surface area contributed by atoms with Crippen LogP contribution in [0.1, 0.15) is 16.5 Å². The van der Waals surface area contributed by atoms with Gasteiger partial charge in [0.15, 0.2) is 0 Å². The number of fused-ring (bicyclic) bond motifs is 1. The van der Waals surface area contributed by atoms with Crippen molar-refractivity contribution in [1.82, 2.24) is 10.2 Å². The van der Waals surface area contributed by atoms with Crippen LogP contribution < -0.4 is 15.4 Å². The number of hydrogen-bond donors (Lipinski definition) is 2. The van der Waals surface area contributed by atoms with Crippen LogP contribution >= 0.6 is 11.3 Å². The maximum Gasteiger partial charge on any atom is 0.319 e. The molecule has 5 nitrogen and oxygen atoms in total. The van der Waals surface area contributed by atoms with E-state index in [0.29, 0.717) is 6.54 Å². The molecule has 0 radical (unpaired) electrons. The summed E-state index contributed by atoms with van der Waals surface area (Å²) in [6.07, 6.45) is 0.896. The number of hydrogen-bond acceptors (Lipinski definition) is 4. The molecular formula is C17H21N3O2S. The van der Waals surface area contributed by atoms with Crippen molar-refractivity contribution in [3.05, 3.63) is 46.2 Å². The first-order valence-corrected chi connectivity index (χ1v) is 8.52. The van der Waals surface area contributed by atoms with Crippen molar-refractivity contribution < 1.29 is 9.53 Å². The first kappa shape index (κ1) is 15.8. The molecule has 122 valence electrons. The molecule has 1 aliphatic heterocycles. The van der Waals surface area contributed by atoms with Crippen molar-refractivity contribution in [2.75, 3.05) is 32.6 Å². The first-order chi connectivity index (χ1) is 11.1. The van der Waals surface area contributed by atoms with E-state index < -0.39 is 0 Å². The summed E-state index contributed by atoms with van der Waals surface area (Å²) < 4.78 is 5.47. The molecule has 2 amide bonds. The molecule has 23 heavy (non-hydrogen) atoms. The number of amides is 2. The van der Waals surface area contributed by atoms with E-state index in [0.717, 1.165) is 30.0 Å². The number of likely N-dealkylation sites (N-methyl/N-ethyl adjacent to an activating group) is 1. The van der Waals surface area contributed by atoms with Gasteiger partial charge in [-0.25, -0.2) is 4.79 Å². The normalized spacial score (nSPS) is 14.2. The Bertz CT molecular complexity index is 670. The van der Waals surface area contributed by atoms with Crippen LogP contribution in [0.2, 0.25) is 0 Å². The average Bonchev–Trinajstić information content (AvgIpc) is 3.17. The molecule has 2 aromatic rings. The van der Waals surface area contributed by atoms with Crippen LogP contribution in [0.4, 0.5) is 10.5 Å². The lowest BCUT2D eigenvalue weighted by Crippen LogP contribution is -2.36. The van der Waals surface area contributed by atoms with Gasteiger partial charge in [-0.3, -0.25) is 0 Å². The lowest BCUT2D eigenvalue weighted by atomic mass is 10.1. The third-order valence-electron chi connectivity index (χ3n) is 3.90. The van der Waals surface area contributed by atoms with Crippen molar-refractivity contribution in [2.24, 2.45) is 0 Å². The molecule has 0 spiro atoms. The highest BCUT2D eigenvalue weighted by molar-refractivity contribution is 7.10. The zero-order chi connectivity index (χ0) is 16.2. The molecule has 6 heteroatoms. The van der Waals surface area contributed by atoms with Gasteiger partial charge in [0.1, 0.15) is 5.75 Å². The molecule has 0 aliphatic carbocycles. The smallest absolute Gasteiger partial charge is 0.319 e. The number of anilines is 1. The summed E-state index contributed by atoms with van der Waals surface area (Å²) in [5, 5.41) is 7.90. The molecule has 2 N–H and O–H groups in total. The summed E-state index contributed by atoms with van der Waals surface area (Å²) in [4.78, 5) is 15.5. The van der Waals surface area contributed by atoms with Gasteiger partial charge in [-0.2, -0.15) is 0 Å². The van der Waals surface area contributed by atoms with Crippen LogP contribution in [0.15, 0.2) is 35.7 Å². The number of thiophene rings is 1. The number of carbonyl (C=O) groups is 1. The van der Waals surface area contributed by atoms with E-state index in [1.54, 1.807) is 11.3 Å². The van der Waals surface area contributed by atoms with E-state index in [-0.39, 0.29) is 12.1 Å². The molecule has 0 saturated carbocycles. The molecule has 1 aliphatic rings. The molecule has 0 saturated heterocycles. The van der Waals surface area contributed by atoms with Crippen LogP contribution in [-0.4, -0.2) is 38.2 Å². The molecular weight excluding hydrogens is 310 g/mol. The zero-order valence-electron chi connectivity index (χ0n) is 13.3. The molecule has 1 atom stereocenters. The standard InChI is InChI=1S/C17H21N3O2S/c1-20(2)14(16-4-3-9-23-16)11-18-17(21)19-13-5-6-15-12(10-13)7-8-22-15/h3-6,9-10,14H,7-8,11H2,1-2H3,(H2,18,19,21). The van der Waals surface area contributed by atoms with Crippen LogP contribution in [0, 0.1) is 0 Å². The Morgan fingerprint density at radius 3 is 3.00 bits per heavy atom. The number of rotatable bonds is 5. The number of nitrogens with zero attached hydrogens (tertiary/aromatic N) is 1. The van der Waals surface area contributed by atoms with Crippen LogP contribution in [0.25, 0.3) is 0 Å². The van der Waals surface area contributed by atoms with E-state index >= 15 is 0 Å². The van der Waals surface area contributed by atoms with Crippen molar-refractivity contribution in [2.45, 2.75) is 12.5 Å². The fourth-order valence-electron chi connectivity index (χ4n) is 2.65. The summed E-state index contributed by atoms with van der Waals surface area (Å²) >= 11 is 1.70. The van der Waals surface area contributed by atoms with Crippen molar-refractivity contribution in [3.8, 4) is 5.75 Å². The van der Waals surface area contributed by atoms with Gasteiger partial charge in [0, 0.05) is 23.5 Å². The first-order valence-electron chi connectivity index (χ1n) is 7.64. The van der Waals surface area contributed by atoms with Crippen molar-refractivity contribution in [1.29, 1.82) is 0 Å². The van der Waals surface area contributed by atoms with E-state index in [2.05, 4.69) is 27.0 Å². The van der Waals surface area contributed by atoms with Crippen molar-refractivity contribution in [3.63, 3.8) is 0 Å². The molecule has 0 bridgehead atoms. The largest absolute Gasteiger partial charge is 0.493 e. The van der Waals surface area contributed by atoms with Gasteiger partial charge in [-0.15, -0.1) is 11.3 Å². The lowest BCUT2D eigenvalue weighted by molar-refractivity contribution is 0.244. The number of urea groups is 1. The Hall–Kier alpha value is -2.05. The number of carbonyl (C=O) groups excluding carboxylic acids is 1. The second-order valence-electron chi connectivity index (χ2n) is 5.75. The van der Waals surface area contributed by atoms with Gasteiger partial charge in [0.05, 0.1) is 12.6 Å². The Morgan fingerprint density at radius 2 is 2.26 bits per heavy atom. The topological polar surface area (TPSA) is 53.6 Å². The van der Waals surface area contributed by atoms with E-state index in [9.17, 15) is 4.79 Å². The Kier molecular flexibility index (Phi) is 4.83. The van der Waals surface area contributed by atoms with Crippen molar-refractivity contribution >= 4 is 23.1 Å². The predicted molar refractivity (Wildman–Crippen MR) is 93.4 cm³/mol. The fourth-order valence-corrected chi connectivity index (χ4v) is 3.57. The zero-order valence-corrected chi connectivity index (χ0v) is 14.2. The third kappa shape index (κ3) is 3.83. The molecule has 1 unspecified atom stereocenters. The summed E-state index contributed by atoms with van der Waals surface area (Å²) in [7, 11) is 4.04. The van der Waals surface area contributed by atoms with Crippen LogP contribution in [0.3, 0.4) is 0 Å². The monoisotopic (exact) mass is 331 g/mol. The second kappa shape index (κ2) is 7.02. The highest BCUT2D eigenvalue weighted by atomic mass is 32.1. The lowest BCUT2D eigenvalue weighted by Gasteiger charge is -2.23. The van der Waals surface area contributed by atoms with Gasteiger partial charge in [0.25, 0.3) is 0 Å². The van der Waals surface area contributed by atoms with E-state index in [1.807, 2.05) is 38.4 Å². The third-order valence-corrected chi connectivity index (χ3v) is 4.87. The van der Waals surface area contributed by atoms with Gasteiger partial charge in [0.2, 0.25) is 0 Å². The minimum atomic E-state index is -0.188. The highest BCUT2D eigenvalue weighted by Gasteiger charge is 2.17. The van der Waals surface area contributed by atoms with Crippen LogP contribution in [-0.2, 0) is 6.42 Å². The Balaban J connectivity index is 1.57. The minimum Gasteiger partial charge on any atom is -0.493 e. The highest BCUT2D eigenvalue weighted by Crippen LogP contribution is 2.28. The number of benzene rings is 1. The SMILES string of the molecule is CN(C)C(CNC(=O)Nc1ccc2c(c1)CCO2)c1cccs1. The average molecular weight is 331 g/mol. The predicted octanol–water partition coefficient (Wildman–Crippen LogP) is 3.11. The number of nitrogens with one attached hydrogen (secondary N) is 2. The molecule has 2 heterocycles. The molecule has 1 aromatic heterocycles. The van der Waals surface area contributed by atoms with Gasteiger partial charge in [-0.05, 0) is 49.3 Å². The molecule has 1 aromatic carbocycles. The van der Waals surface area contributed by atoms with Gasteiger partial charge in [-0.1, -0.05) is 6.07 Å². The summed E-state index contributed by atoms with van der Waals surface area (Å²) in [6.45, 7) is 1.28. The van der Waals surface area contributed by atoms with E-state index in [4.69, 9.17) is 4.74 Å². The quantitative estimate of drug-likeness (QED) is 0.885. The van der Waals surface area contributed by atoms with Gasteiger partial charge >= 0.3 is 6.03 Å². The van der Waals surface area contributed by atoms with E-state index in [1.165, 1.54) is 4.88 Å². The Morgan fingerprint density at radius 1 is 1.39 bits per heavy atom. The van der Waals surface area contributed by atoms with Gasteiger partial charge < -0.3 is 20.3 Å². The maximum absolute atomic E-state index is 12.1. The summed E-state index contributed by atoms with van der Waals surface area (Å²) in [6, 6.07) is 9.86. The molecule has 0 fully saturated rings. The Labute approximate surface area is 140 Å². The molecule has 3 rings (SSSR count). The minimum absolute atomic E-state index is 0.175. The number of ether oxygens (including phenoxy) is 1. The maximum atomic E-state index is 12.1. The second-order valence-corrected chi connectivity index (χ2v) is 6.73. The fraction of sp³-hybridized carbons (Fsp3) is 0.353. The summed E-state index contributed by atoms with van der Waals surface area (Å²) in [5.41, 5.74) is 1.94. The van der Waals surface area contributed by atoms with Crippen LogP contribution in [0.5, 0.6) is 5.75 Å². The summed E-state index contributed by atoms with van der Waals surface area (Å²) in [5.74, 6) is 0.918.